The third kappa shape index (κ3) is 4.84. The third-order valence-corrected chi connectivity index (χ3v) is 3.93. The topological polar surface area (TPSA) is 0 Å². The van der Waals surface area contributed by atoms with Crippen molar-refractivity contribution in [1.29, 1.82) is 0 Å². The molecule has 0 nitrogen and oxygen atoms in total. The maximum atomic E-state index is 2.42. The van der Waals surface area contributed by atoms with Gasteiger partial charge in [0.25, 0.3) is 0 Å². The Morgan fingerprint density at radius 3 is 2.06 bits per heavy atom. The molecule has 0 aliphatic carbocycles. The molecule has 0 aromatic heterocycles. The highest BCUT2D eigenvalue weighted by molar-refractivity contribution is 5.23. The maximum absolute atomic E-state index is 2.42. The molecule has 0 bridgehead atoms. The van der Waals surface area contributed by atoms with Gasteiger partial charge in [0.05, 0.1) is 0 Å². The van der Waals surface area contributed by atoms with Crippen LogP contribution in [-0.4, -0.2) is 0 Å². The summed E-state index contributed by atoms with van der Waals surface area (Å²) in [6, 6.07) is 10.9. The van der Waals surface area contributed by atoms with E-state index in [1.54, 1.807) is 0 Å². The summed E-state index contributed by atoms with van der Waals surface area (Å²) in [6.07, 6.45) is 6.66. The van der Waals surface area contributed by atoms with Crippen molar-refractivity contribution in [2.24, 2.45) is 5.41 Å². The van der Waals surface area contributed by atoms with E-state index in [1.165, 1.54) is 37.7 Å². The summed E-state index contributed by atoms with van der Waals surface area (Å²) in [4.78, 5) is 0. The lowest BCUT2D eigenvalue weighted by atomic mass is 9.69. The van der Waals surface area contributed by atoms with Crippen molar-refractivity contribution in [2.75, 3.05) is 0 Å². The second-order valence-electron chi connectivity index (χ2n) is 7.05. The van der Waals surface area contributed by atoms with Crippen molar-refractivity contribution in [3.05, 3.63) is 35.9 Å². The van der Waals surface area contributed by atoms with E-state index < -0.39 is 0 Å². The van der Waals surface area contributed by atoms with Gasteiger partial charge in [-0.2, -0.15) is 0 Å². The largest absolute Gasteiger partial charge is 0.0654 e. The SMILES string of the molecule is CCCCCC(C)(C)CC(C)(C)c1ccccc1. The van der Waals surface area contributed by atoms with Crippen molar-refractivity contribution in [1.82, 2.24) is 0 Å². The second-order valence-corrected chi connectivity index (χ2v) is 7.05. The molecule has 0 unspecified atom stereocenters. The van der Waals surface area contributed by atoms with Crippen LogP contribution in [0.3, 0.4) is 0 Å². The van der Waals surface area contributed by atoms with E-state index in [-0.39, 0.29) is 5.41 Å². The monoisotopic (exact) mass is 246 g/mol. The van der Waals surface area contributed by atoms with Crippen LogP contribution in [0, 0.1) is 5.41 Å². The molecule has 0 aliphatic rings. The van der Waals surface area contributed by atoms with Crippen LogP contribution in [0.2, 0.25) is 0 Å². The van der Waals surface area contributed by atoms with Gasteiger partial charge in [-0.25, -0.2) is 0 Å². The van der Waals surface area contributed by atoms with Crippen molar-refractivity contribution >= 4 is 0 Å². The number of hydrogen-bond acceptors (Lipinski definition) is 0. The average molecular weight is 246 g/mol. The fraction of sp³-hybridized carbons (Fsp3) is 0.667. The average Bonchev–Trinajstić information content (AvgIpc) is 2.29. The summed E-state index contributed by atoms with van der Waals surface area (Å²) in [5, 5.41) is 0. The second kappa shape index (κ2) is 6.41. The lowest BCUT2D eigenvalue weighted by molar-refractivity contribution is 0.232. The van der Waals surface area contributed by atoms with Gasteiger partial charge in [0.15, 0.2) is 0 Å². The predicted octanol–water partition coefficient (Wildman–Crippen LogP) is 5.96. The minimum atomic E-state index is 0.275. The van der Waals surface area contributed by atoms with Gasteiger partial charge in [-0.05, 0) is 29.2 Å². The van der Waals surface area contributed by atoms with Crippen LogP contribution < -0.4 is 0 Å². The quantitative estimate of drug-likeness (QED) is 0.521. The minimum absolute atomic E-state index is 0.275. The molecule has 0 heteroatoms. The van der Waals surface area contributed by atoms with Crippen LogP contribution in [0.4, 0.5) is 0 Å². The molecular weight excluding hydrogens is 216 g/mol. The fourth-order valence-corrected chi connectivity index (χ4v) is 3.13. The number of benzene rings is 1. The number of unbranched alkanes of at least 4 members (excludes halogenated alkanes) is 2. The Bertz CT molecular complexity index is 332. The van der Waals surface area contributed by atoms with Crippen LogP contribution in [0.25, 0.3) is 0 Å². The molecule has 0 saturated heterocycles. The molecule has 0 heterocycles. The molecule has 0 fully saturated rings. The highest BCUT2D eigenvalue weighted by atomic mass is 14.3. The Morgan fingerprint density at radius 1 is 0.889 bits per heavy atom. The Morgan fingerprint density at radius 2 is 1.50 bits per heavy atom. The maximum Gasteiger partial charge on any atom is -0.00985 e. The van der Waals surface area contributed by atoms with E-state index in [4.69, 9.17) is 0 Å². The molecule has 1 aromatic rings. The van der Waals surface area contributed by atoms with Crippen molar-refractivity contribution in [3.8, 4) is 0 Å². The van der Waals surface area contributed by atoms with E-state index in [2.05, 4.69) is 65.0 Å². The highest BCUT2D eigenvalue weighted by Gasteiger charge is 2.29. The van der Waals surface area contributed by atoms with Crippen molar-refractivity contribution in [3.63, 3.8) is 0 Å². The Kier molecular flexibility index (Phi) is 5.44. The van der Waals surface area contributed by atoms with Gasteiger partial charge in [0, 0.05) is 0 Å². The molecule has 0 aliphatic heterocycles. The van der Waals surface area contributed by atoms with Gasteiger partial charge in [-0.3, -0.25) is 0 Å². The number of hydrogen-bond donors (Lipinski definition) is 0. The molecule has 0 atom stereocenters. The van der Waals surface area contributed by atoms with Crippen LogP contribution >= 0.6 is 0 Å². The summed E-state index contributed by atoms with van der Waals surface area (Å²) < 4.78 is 0. The zero-order chi connectivity index (χ0) is 13.6. The van der Waals surface area contributed by atoms with E-state index >= 15 is 0 Å². The van der Waals surface area contributed by atoms with Gasteiger partial charge in [-0.15, -0.1) is 0 Å². The van der Waals surface area contributed by atoms with Gasteiger partial charge < -0.3 is 0 Å². The Balaban J connectivity index is 2.64. The summed E-state index contributed by atoms with van der Waals surface area (Å²) in [6.45, 7) is 11.9. The number of rotatable bonds is 7. The lowest BCUT2D eigenvalue weighted by Gasteiger charge is -2.35. The summed E-state index contributed by atoms with van der Waals surface area (Å²) in [5.41, 5.74) is 2.18. The van der Waals surface area contributed by atoms with Crippen molar-refractivity contribution < 1.29 is 0 Å². The van der Waals surface area contributed by atoms with E-state index in [0.717, 1.165) is 0 Å². The molecule has 1 rings (SSSR count). The normalized spacial score (nSPS) is 12.7. The van der Waals surface area contributed by atoms with Gasteiger partial charge >= 0.3 is 0 Å². The van der Waals surface area contributed by atoms with E-state index in [1.807, 2.05) is 0 Å². The van der Waals surface area contributed by atoms with Crippen LogP contribution in [0.15, 0.2) is 30.3 Å². The molecule has 0 radical (unpaired) electrons. The standard InChI is InChI=1S/C18H30/c1-6-7-11-14-17(2,3)15-18(4,5)16-12-9-8-10-13-16/h8-10,12-13H,6-7,11,14-15H2,1-5H3. The first-order valence-electron chi connectivity index (χ1n) is 7.43. The van der Waals surface area contributed by atoms with Crippen LogP contribution in [-0.2, 0) is 5.41 Å². The highest BCUT2D eigenvalue weighted by Crippen LogP contribution is 2.39. The predicted molar refractivity (Wildman–Crippen MR) is 82.0 cm³/mol. The molecule has 1 aromatic carbocycles. The zero-order valence-electron chi connectivity index (χ0n) is 12.9. The first kappa shape index (κ1) is 15.3. The summed E-state index contributed by atoms with van der Waals surface area (Å²) >= 11 is 0. The smallest absolute Gasteiger partial charge is 0.00985 e. The van der Waals surface area contributed by atoms with E-state index in [0.29, 0.717) is 5.41 Å². The molecule has 102 valence electrons. The first-order chi connectivity index (χ1) is 8.37. The van der Waals surface area contributed by atoms with E-state index in [9.17, 15) is 0 Å². The summed E-state index contributed by atoms with van der Waals surface area (Å²) in [5.74, 6) is 0. The first-order valence-corrected chi connectivity index (χ1v) is 7.43. The minimum Gasteiger partial charge on any atom is -0.0654 e. The molecule has 0 saturated carbocycles. The van der Waals surface area contributed by atoms with Crippen LogP contribution in [0.1, 0.15) is 72.3 Å². The van der Waals surface area contributed by atoms with Gasteiger partial charge in [-0.1, -0.05) is 84.2 Å². The Labute approximate surface area is 114 Å². The molecule has 0 amide bonds. The molecule has 0 spiro atoms. The van der Waals surface area contributed by atoms with Gasteiger partial charge in [0.2, 0.25) is 0 Å². The third-order valence-electron chi connectivity index (χ3n) is 3.93. The molecule has 18 heavy (non-hydrogen) atoms. The van der Waals surface area contributed by atoms with Gasteiger partial charge in [0.1, 0.15) is 0 Å². The Hall–Kier alpha value is -0.780. The lowest BCUT2D eigenvalue weighted by Crippen LogP contribution is -2.26. The summed E-state index contributed by atoms with van der Waals surface area (Å²) in [7, 11) is 0. The van der Waals surface area contributed by atoms with Crippen LogP contribution in [0.5, 0.6) is 0 Å². The zero-order valence-corrected chi connectivity index (χ0v) is 12.9. The van der Waals surface area contributed by atoms with Crippen molar-refractivity contribution in [2.45, 2.75) is 72.1 Å². The molecular formula is C18H30. The molecule has 0 N–H and O–H groups in total. The fourth-order valence-electron chi connectivity index (χ4n) is 3.13.